The van der Waals surface area contributed by atoms with E-state index in [0.717, 1.165) is 22.5 Å². The van der Waals surface area contributed by atoms with E-state index in [4.69, 9.17) is 10.7 Å². The van der Waals surface area contributed by atoms with E-state index in [0.29, 0.717) is 11.4 Å². The van der Waals surface area contributed by atoms with Gasteiger partial charge >= 0.3 is 0 Å². The molecule has 0 amide bonds. The monoisotopic (exact) mass is 361 g/mol. The third-order valence-electron chi connectivity index (χ3n) is 4.52. The number of benzene rings is 2. The number of nitrogens with zero attached hydrogens (tertiary/aromatic N) is 1. The first-order valence-corrected chi connectivity index (χ1v) is 9.41. The lowest BCUT2D eigenvalue weighted by molar-refractivity contribution is 0.0958. The average Bonchev–Trinajstić information content (AvgIpc) is 3.15. The first-order chi connectivity index (χ1) is 12.7. The number of benzodiazepines with no additional fused rings is 1. The molecule has 5 heteroatoms. The summed E-state index contributed by atoms with van der Waals surface area (Å²) in [6, 6.07) is 20.9. The number of nitrogens with one attached hydrogen (secondary N) is 1. The van der Waals surface area contributed by atoms with Gasteiger partial charge < -0.3 is 11.1 Å². The number of Topliss-reactive ketones (excluding diaryl/α,β-unsaturated/α-hetero) is 1. The molecule has 0 aliphatic carbocycles. The quantitative estimate of drug-likeness (QED) is 0.698. The van der Waals surface area contributed by atoms with Gasteiger partial charge in [-0.15, -0.1) is 11.3 Å². The second-order valence-corrected chi connectivity index (χ2v) is 7.17. The van der Waals surface area contributed by atoms with Crippen molar-refractivity contribution in [3.8, 4) is 0 Å². The van der Waals surface area contributed by atoms with Crippen molar-refractivity contribution in [3.05, 3.63) is 88.1 Å². The number of anilines is 1. The van der Waals surface area contributed by atoms with E-state index in [1.54, 1.807) is 0 Å². The summed E-state index contributed by atoms with van der Waals surface area (Å²) in [5, 5.41) is 5.34. The van der Waals surface area contributed by atoms with E-state index in [1.807, 2.05) is 72.1 Å². The minimum atomic E-state index is -0.652. The van der Waals surface area contributed by atoms with E-state index in [2.05, 4.69) is 5.32 Å². The molecule has 2 atom stereocenters. The van der Waals surface area contributed by atoms with E-state index < -0.39 is 6.04 Å². The van der Waals surface area contributed by atoms with Gasteiger partial charge in [-0.05, 0) is 17.5 Å². The van der Waals surface area contributed by atoms with E-state index in [1.165, 1.54) is 11.3 Å². The van der Waals surface area contributed by atoms with Crippen molar-refractivity contribution in [2.24, 2.45) is 10.7 Å². The molecule has 3 N–H and O–H groups in total. The Morgan fingerprint density at radius 2 is 1.85 bits per heavy atom. The van der Waals surface area contributed by atoms with E-state index in [9.17, 15) is 4.79 Å². The number of nitrogens with two attached hydrogens (primary N) is 1. The Hall–Kier alpha value is -2.76. The van der Waals surface area contributed by atoms with Crippen LogP contribution in [0.3, 0.4) is 0 Å². The minimum Gasteiger partial charge on any atom is -0.378 e. The van der Waals surface area contributed by atoms with Gasteiger partial charge in [0.05, 0.1) is 29.2 Å². The van der Waals surface area contributed by atoms with Crippen molar-refractivity contribution in [1.29, 1.82) is 0 Å². The van der Waals surface area contributed by atoms with Crippen LogP contribution in [0.1, 0.15) is 20.8 Å². The van der Waals surface area contributed by atoms with Crippen molar-refractivity contribution in [3.63, 3.8) is 0 Å². The fourth-order valence-corrected chi connectivity index (χ4v) is 3.86. The molecule has 0 saturated carbocycles. The lowest BCUT2D eigenvalue weighted by atomic mass is 10.0. The third-order valence-corrected chi connectivity index (χ3v) is 5.40. The summed E-state index contributed by atoms with van der Waals surface area (Å²) in [6.45, 7) is 0.442. The number of hydrogen-bond donors (Lipinski definition) is 2. The zero-order valence-electron chi connectivity index (χ0n) is 14.1. The SMILES string of the molecule is NC(C(=O)c1cccs1)C1CN=C(c2ccccc2)c2ccccc2N1. The van der Waals surface area contributed by atoms with Crippen LogP contribution in [-0.2, 0) is 0 Å². The largest absolute Gasteiger partial charge is 0.378 e. The maximum absolute atomic E-state index is 12.7. The fourth-order valence-electron chi connectivity index (χ4n) is 3.15. The Morgan fingerprint density at radius 1 is 1.08 bits per heavy atom. The number of rotatable bonds is 4. The molecule has 26 heavy (non-hydrogen) atoms. The average molecular weight is 361 g/mol. The Bertz CT molecular complexity index is 935. The smallest absolute Gasteiger partial charge is 0.191 e. The highest BCUT2D eigenvalue weighted by molar-refractivity contribution is 7.12. The van der Waals surface area contributed by atoms with Crippen LogP contribution in [0.2, 0.25) is 0 Å². The number of aliphatic imine (C=N–C) groups is 1. The number of thiophene rings is 1. The summed E-state index contributed by atoms with van der Waals surface area (Å²) in [5.74, 6) is -0.0478. The maximum atomic E-state index is 12.7. The summed E-state index contributed by atoms with van der Waals surface area (Å²) in [4.78, 5) is 18.2. The number of hydrogen-bond acceptors (Lipinski definition) is 5. The molecule has 130 valence electrons. The Labute approximate surface area is 156 Å². The van der Waals surface area contributed by atoms with Crippen LogP contribution in [0.5, 0.6) is 0 Å². The molecule has 0 radical (unpaired) electrons. The summed E-state index contributed by atoms with van der Waals surface area (Å²) < 4.78 is 0. The van der Waals surface area contributed by atoms with Crippen LogP contribution in [0.15, 0.2) is 77.1 Å². The van der Waals surface area contributed by atoms with Gasteiger partial charge in [0, 0.05) is 16.8 Å². The van der Waals surface area contributed by atoms with Gasteiger partial charge in [0.2, 0.25) is 0 Å². The molecule has 4 nitrogen and oxygen atoms in total. The number of ketones is 1. The summed E-state index contributed by atoms with van der Waals surface area (Å²) in [5.41, 5.74) is 10.3. The van der Waals surface area contributed by atoms with E-state index >= 15 is 0 Å². The van der Waals surface area contributed by atoms with Gasteiger partial charge in [0.15, 0.2) is 5.78 Å². The number of fused-ring (bicyclic) bond motifs is 1. The summed E-state index contributed by atoms with van der Waals surface area (Å²) >= 11 is 1.42. The molecule has 3 aromatic rings. The van der Waals surface area contributed by atoms with Crippen molar-refractivity contribution >= 4 is 28.5 Å². The van der Waals surface area contributed by atoms with Crippen molar-refractivity contribution in [2.75, 3.05) is 11.9 Å². The maximum Gasteiger partial charge on any atom is 0.191 e. The highest BCUT2D eigenvalue weighted by Crippen LogP contribution is 2.25. The van der Waals surface area contributed by atoms with Crippen LogP contribution in [-0.4, -0.2) is 30.1 Å². The number of para-hydroxylation sites is 1. The van der Waals surface area contributed by atoms with Gasteiger partial charge in [-0.1, -0.05) is 54.6 Å². The van der Waals surface area contributed by atoms with Crippen LogP contribution >= 0.6 is 11.3 Å². The summed E-state index contributed by atoms with van der Waals surface area (Å²) in [7, 11) is 0. The predicted molar refractivity (Wildman–Crippen MR) is 107 cm³/mol. The molecule has 1 aromatic heterocycles. The zero-order valence-corrected chi connectivity index (χ0v) is 14.9. The standard InChI is InChI=1S/C21H19N3OS/c22-19(21(25)18-11-6-12-26-18)17-13-23-20(14-7-2-1-3-8-14)15-9-4-5-10-16(15)24-17/h1-12,17,19,24H,13,22H2. The molecule has 0 bridgehead atoms. The highest BCUT2D eigenvalue weighted by atomic mass is 32.1. The first kappa shape index (κ1) is 16.7. The van der Waals surface area contributed by atoms with Crippen LogP contribution in [0, 0.1) is 0 Å². The van der Waals surface area contributed by atoms with Crippen LogP contribution in [0.4, 0.5) is 5.69 Å². The lowest BCUT2D eigenvalue weighted by Gasteiger charge is -2.22. The van der Waals surface area contributed by atoms with Gasteiger partial charge in [0.25, 0.3) is 0 Å². The van der Waals surface area contributed by atoms with Gasteiger partial charge in [-0.25, -0.2) is 0 Å². The molecule has 1 aliphatic heterocycles. The van der Waals surface area contributed by atoms with E-state index in [-0.39, 0.29) is 11.8 Å². The van der Waals surface area contributed by atoms with Crippen molar-refractivity contribution in [1.82, 2.24) is 0 Å². The van der Waals surface area contributed by atoms with Gasteiger partial charge in [0.1, 0.15) is 0 Å². The molecule has 2 heterocycles. The summed E-state index contributed by atoms with van der Waals surface area (Å²) in [6.07, 6.45) is 0. The fraction of sp³-hybridized carbons (Fsp3) is 0.143. The number of carbonyl (C=O) groups is 1. The topological polar surface area (TPSA) is 67.5 Å². The molecule has 0 fully saturated rings. The Balaban J connectivity index is 1.69. The second kappa shape index (κ2) is 7.23. The van der Waals surface area contributed by atoms with Crippen molar-refractivity contribution < 1.29 is 4.79 Å². The van der Waals surface area contributed by atoms with Crippen LogP contribution in [0.25, 0.3) is 0 Å². The molecule has 2 aromatic carbocycles. The third kappa shape index (κ3) is 3.19. The molecule has 0 spiro atoms. The first-order valence-electron chi connectivity index (χ1n) is 8.53. The minimum absolute atomic E-state index is 0.0478. The molecule has 1 aliphatic rings. The zero-order chi connectivity index (χ0) is 17.9. The molecule has 4 rings (SSSR count). The highest BCUT2D eigenvalue weighted by Gasteiger charge is 2.29. The molecule has 0 saturated heterocycles. The number of carbonyl (C=O) groups excluding carboxylic acids is 1. The van der Waals surface area contributed by atoms with Gasteiger partial charge in [-0.2, -0.15) is 0 Å². The van der Waals surface area contributed by atoms with Crippen molar-refractivity contribution in [2.45, 2.75) is 12.1 Å². The lowest BCUT2D eigenvalue weighted by Crippen LogP contribution is -2.47. The van der Waals surface area contributed by atoms with Gasteiger partial charge in [-0.3, -0.25) is 9.79 Å². The molecular weight excluding hydrogens is 342 g/mol. The molecular formula is C21H19N3OS. The Morgan fingerprint density at radius 3 is 2.62 bits per heavy atom. The second-order valence-electron chi connectivity index (χ2n) is 6.22. The predicted octanol–water partition coefficient (Wildman–Crippen LogP) is 3.59. The van der Waals surface area contributed by atoms with Crippen LogP contribution < -0.4 is 11.1 Å². The molecule has 2 unspecified atom stereocenters. The normalized spacial score (nSPS) is 17.4. The Kier molecular flexibility index (Phi) is 4.65.